The third-order valence-electron chi connectivity index (χ3n) is 4.11. The smallest absolute Gasteiger partial charge is 0.293 e. The summed E-state index contributed by atoms with van der Waals surface area (Å²) < 4.78 is 0.962. The summed E-state index contributed by atoms with van der Waals surface area (Å²) in [6.45, 7) is 1.87. The van der Waals surface area contributed by atoms with E-state index in [0.29, 0.717) is 11.7 Å². The van der Waals surface area contributed by atoms with Crippen LogP contribution in [0.2, 0.25) is 0 Å². The van der Waals surface area contributed by atoms with Gasteiger partial charge < -0.3 is 10.6 Å². The van der Waals surface area contributed by atoms with Gasteiger partial charge in [-0.05, 0) is 49.6 Å². The Morgan fingerprint density at radius 1 is 1.24 bits per heavy atom. The second-order valence-corrected chi connectivity index (χ2v) is 7.07. The van der Waals surface area contributed by atoms with Gasteiger partial charge in [0.1, 0.15) is 5.69 Å². The third kappa shape index (κ3) is 4.36. The van der Waals surface area contributed by atoms with Gasteiger partial charge in [0.2, 0.25) is 0 Å². The Hall–Kier alpha value is -2.41. The maximum absolute atomic E-state index is 12.5. The fourth-order valence-corrected chi connectivity index (χ4v) is 2.77. The van der Waals surface area contributed by atoms with E-state index in [2.05, 4.69) is 26.6 Å². The first-order valence-corrected chi connectivity index (χ1v) is 8.84. The van der Waals surface area contributed by atoms with Crippen LogP contribution in [0.1, 0.15) is 41.7 Å². The molecule has 0 radical (unpaired) electrons. The minimum absolute atomic E-state index is 0.0733. The Labute approximate surface area is 153 Å². The minimum atomic E-state index is -0.459. The van der Waals surface area contributed by atoms with Gasteiger partial charge in [0.15, 0.2) is 0 Å². The number of nitro groups is 1. The van der Waals surface area contributed by atoms with Crippen LogP contribution in [0.25, 0.3) is 0 Å². The molecule has 0 aliphatic heterocycles. The van der Waals surface area contributed by atoms with Gasteiger partial charge in [0.25, 0.3) is 11.6 Å². The molecule has 1 aliphatic rings. The molecule has 1 aliphatic carbocycles. The molecule has 1 atom stereocenters. The normalized spacial score (nSPS) is 14.6. The summed E-state index contributed by atoms with van der Waals surface area (Å²) in [7, 11) is 0. The van der Waals surface area contributed by atoms with Gasteiger partial charge in [-0.15, -0.1) is 0 Å². The molecular weight excluding hydrogens is 386 g/mol. The van der Waals surface area contributed by atoms with Gasteiger partial charge in [-0.3, -0.25) is 14.9 Å². The maximum Gasteiger partial charge on any atom is 0.293 e. The fraction of sp³-hybridized carbons (Fsp3) is 0.278. The maximum atomic E-state index is 12.5. The second-order valence-electron chi connectivity index (χ2n) is 6.15. The van der Waals surface area contributed by atoms with Crippen LogP contribution in [-0.2, 0) is 0 Å². The molecule has 0 unspecified atom stereocenters. The molecule has 1 saturated carbocycles. The van der Waals surface area contributed by atoms with Crippen LogP contribution in [0.3, 0.4) is 0 Å². The van der Waals surface area contributed by atoms with Crippen LogP contribution in [0, 0.1) is 10.1 Å². The van der Waals surface area contributed by atoms with E-state index < -0.39 is 4.92 Å². The van der Waals surface area contributed by atoms with E-state index in [1.54, 1.807) is 12.1 Å². The number of hydrogen-bond acceptors (Lipinski definition) is 4. The Morgan fingerprint density at radius 2 is 1.92 bits per heavy atom. The average molecular weight is 404 g/mol. The van der Waals surface area contributed by atoms with Crippen LogP contribution in [0.5, 0.6) is 0 Å². The van der Waals surface area contributed by atoms with Crippen LogP contribution < -0.4 is 10.6 Å². The quantitative estimate of drug-likeness (QED) is 0.551. The van der Waals surface area contributed by atoms with Gasteiger partial charge in [-0.25, -0.2) is 0 Å². The van der Waals surface area contributed by atoms with Crippen molar-refractivity contribution in [1.29, 1.82) is 0 Å². The average Bonchev–Trinajstić information content (AvgIpc) is 3.39. The van der Waals surface area contributed by atoms with Crippen molar-refractivity contribution in [2.75, 3.05) is 5.32 Å². The predicted molar refractivity (Wildman–Crippen MR) is 99.8 cm³/mol. The van der Waals surface area contributed by atoms with Crippen LogP contribution in [-0.4, -0.2) is 16.9 Å². The van der Waals surface area contributed by atoms with E-state index >= 15 is 0 Å². The van der Waals surface area contributed by atoms with Gasteiger partial charge in [-0.2, -0.15) is 0 Å². The van der Waals surface area contributed by atoms with Crippen LogP contribution in [0.15, 0.2) is 46.9 Å². The van der Waals surface area contributed by atoms with Crippen molar-refractivity contribution >= 4 is 33.2 Å². The highest BCUT2D eigenvalue weighted by Crippen LogP contribution is 2.31. The molecule has 0 heterocycles. The molecule has 7 heteroatoms. The van der Waals surface area contributed by atoms with Crippen molar-refractivity contribution in [2.24, 2.45) is 0 Å². The van der Waals surface area contributed by atoms with Crippen molar-refractivity contribution < 1.29 is 9.72 Å². The first kappa shape index (κ1) is 17.4. The number of halogens is 1. The van der Waals surface area contributed by atoms with E-state index in [0.717, 1.165) is 22.9 Å². The van der Waals surface area contributed by atoms with Gasteiger partial charge in [0.05, 0.1) is 11.0 Å². The Morgan fingerprint density at radius 3 is 2.52 bits per heavy atom. The number of amides is 1. The highest BCUT2D eigenvalue weighted by molar-refractivity contribution is 9.10. The highest BCUT2D eigenvalue weighted by Gasteiger charge is 2.25. The monoisotopic (exact) mass is 403 g/mol. The summed E-state index contributed by atoms with van der Waals surface area (Å²) in [6, 6.07) is 12.3. The first-order valence-electron chi connectivity index (χ1n) is 8.05. The molecule has 2 aromatic rings. The third-order valence-corrected chi connectivity index (χ3v) is 4.64. The predicted octanol–water partition coefficient (Wildman–Crippen LogP) is 4.42. The zero-order valence-corrected chi connectivity index (χ0v) is 15.2. The molecule has 0 aromatic heterocycles. The number of nitro benzene ring substituents is 1. The van der Waals surface area contributed by atoms with E-state index in [1.165, 1.54) is 6.07 Å². The molecule has 0 saturated heterocycles. The highest BCUT2D eigenvalue weighted by atomic mass is 79.9. The lowest BCUT2D eigenvalue weighted by Crippen LogP contribution is -2.26. The molecule has 1 fully saturated rings. The van der Waals surface area contributed by atoms with Gasteiger partial charge in [-0.1, -0.05) is 28.1 Å². The Bertz CT molecular complexity index is 804. The molecule has 25 heavy (non-hydrogen) atoms. The molecule has 2 N–H and O–H groups in total. The fourth-order valence-electron chi connectivity index (χ4n) is 2.51. The molecule has 0 spiro atoms. The number of rotatable bonds is 6. The van der Waals surface area contributed by atoms with Crippen molar-refractivity contribution in [1.82, 2.24) is 5.32 Å². The summed E-state index contributed by atoms with van der Waals surface area (Å²) in [6.07, 6.45) is 2.04. The van der Waals surface area contributed by atoms with Crippen molar-refractivity contribution in [3.63, 3.8) is 0 Å². The topological polar surface area (TPSA) is 84.3 Å². The molecular formula is C18H18BrN3O3. The molecule has 130 valence electrons. The van der Waals surface area contributed by atoms with E-state index in [-0.39, 0.29) is 23.2 Å². The lowest BCUT2D eigenvalue weighted by atomic mass is 10.1. The number of nitrogens with one attached hydrogen (secondary N) is 2. The Balaban J connectivity index is 1.75. The zero-order valence-electron chi connectivity index (χ0n) is 13.7. The molecule has 3 rings (SSSR count). The number of benzene rings is 2. The summed E-state index contributed by atoms with van der Waals surface area (Å²) >= 11 is 3.37. The van der Waals surface area contributed by atoms with Crippen molar-refractivity contribution in [3.8, 4) is 0 Å². The number of anilines is 1. The first-order chi connectivity index (χ1) is 11.9. The largest absolute Gasteiger partial charge is 0.377 e. The summed E-state index contributed by atoms with van der Waals surface area (Å²) in [5, 5.41) is 17.3. The molecule has 6 nitrogen and oxygen atoms in total. The van der Waals surface area contributed by atoms with E-state index in [1.807, 2.05) is 31.2 Å². The van der Waals surface area contributed by atoms with Gasteiger partial charge in [0, 0.05) is 22.1 Å². The summed E-state index contributed by atoms with van der Waals surface area (Å²) in [5.41, 5.74) is 1.62. The van der Waals surface area contributed by atoms with Crippen LogP contribution >= 0.6 is 15.9 Å². The Kier molecular flexibility index (Phi) is 5.03. The second kappa shape index (κ2) is 7.23. The standard InChI is InChI=1S/C18H18BrN3O3/c1-11(12-2-5-14(19)6-3-12)20-18(23)13-4-9-16(21-15-7-8-15)17(10-13)22(24)25/h2-6,9-11,15,21H,7-8H2,1H3,(H,20,23)/t11-/m1/s1. The molecule has 0 bridgehead atoms. The van der Waals surface area contributed by atoms with Gasteiger partial charge >= 0.3 is 0 Å². The molecule has 2 aromatic carbocycles. The zero-order chi connectivity index (χ0) is 18.0. The van der Waals surface area contributed by atoms with E-state index in [9.17, 15) is 14.9 Å². The van der Waals surface area contributed by atoms with Crippen molar-refractivity contribution in [2.45, 2.75) is 31.8 Å². The van der Waals surface area contributed by atoms with E-state index in [4.69, 9.17) is 0 Å². The number of carbonyl (C=O) groups is 1. The number of hydrogen-bond donors (Lipinski definition) is 2. The number of carbonyl (C=O) groups excluding carboxylic acids is 1. The lowest BCUT2D eigenvalue weighted by molar-refractivity contribution is -0.384. The SMILES string of the molecule is C[C@@H](NC(=O)c1ccc(NC2CC2)c([N+](=O)[O-])c1)c1ccc(Br)cc1. The van der Waals surface area contributed by atoms with Crippen LogP contribution in [0.4, 0.5) is 11.4 Å². The minimum Gasteiger partial charge on any atom is -0.377 e. The summed E-state index contributed by atoms with van der Waals surface area (Å²) in [4.78, 5) is 23.3. The van der Waals surface area contributed by atoms with Crippen molar-refractivity contribution in [3.05, 3.63) is 68.2 Å². The number of nitrogens with zero attached hydrogens (tertiary/aromatic N) is 1. The lowest BCUT2D eigenvalue weighted by Gasteiger charge is -2.15. The molecule has 1 amide bonds. The summed E-state index contributed by atoms with van der Waals surface area (Å²) in [5.74, 6) is -0.337.